The number of carbonyl (C=O) groups excluding carboxylic acids is 1. The van der Waals surface area contributed by atoms with Crippen molar-refractivity contribution in [3.63, 3.8) is 0 Å². The number of aromatic nitrogens is 3. The van der Waals surface area contributed by atoms with Crippen LogP contribution in [0.25, 0.3) is 11.1 Å². The van der Waals surface area contributed by atoms with Gasteiger partial charge < -0.3 is 24.9 Å². The van der Waals surface area contributed by atoms with E-state index in [0.717, 1.165) is 29.8 Å². The van der Waals surface area contributed by atoms with Crippen LogP contribution in [0.4, 0.5) is 6.01 Å². The average Bonchev–Trinajstić information content (AvgIpc) is 3.25. The highest BCUT2D eigenvalue weighted by molar-refractivity contribution is 5.85. The number of amides is 1. The van der Waals surface area contributed by atoms with E-state index in [4.69, 9.17) is 10.2 Å². The molecule has 0 radical (unpaired) electrons. The number of hydrogen-bond acceptors (Lipinski definition) is 6. The van der Waals surface area contributed by atoms with E-state index < -0.39 is 6.04 Å². The number of hydrogen-bond donors (Lipinski definition) is 2. The summed E-state index contributed by atoms with van der Waals surface area (Å²) in [5, 5.41) is 0. The van der Waals surface area contributed by atoms with Crippen LogP contribution < -0.4 is 10.6 Å². The van der Waals surface area contributed by atoms with Crippen molar-refractivity contribution in [1.82, 2.24) is 19.9 Å². The zero-order valence-corrected chi connectivity index (χ0v) is 16.9. The molecule has 4 rings (SSSR count). The molecule has 1 atom stereocenters. The Hall–Kier alpha value is -2.29. The standard InChI is InChI=1S/C18H22N6O2.2ClH/c19-14(10-13-11-20-12-21-13)17(25)23-6-3-7-24(9-8-23)18-22-15-4-1-2-5-16(15)26-18;;/h1-2,4-5,11-12,14H,3,6-10,19H2,(H,20,21);2*1H/t14-;;/m0../s1. The van der Waals surface area contributed by atoms with Gasteiger partial charge in [-0.05, 0) is 18.6 Å². The maximum absolute atomic E-state index is 12.7. The van der Waals surface area contributed by atoms with E-state index >= 15 is 0 Å². The summed E-state index contributed by atoms with van der Waals surface area (Å²) < 4.78 is 5.85. The molecule has 1 aliphatic rings. The molecule has 3 aromatic rings. The van der Waals surface area contributed by atoms with Gasteiger partial charge in [-0.1, -0.05) is 12.1 Å². The number of nitrogens with two attached hydrogens (primary N) is 1. The lowest BCUT2D eigenvalue weighted by molar-refractivity contribution is -0.132. The minimum Gasteiger partial charge on any atom is -0.423 e. The van der Waals surface area contributed by atoms with E-state index in [0.29, 0.717) is 32.1 Å². The highest BCUT2D eigenvalue weighted by Gasteiger charge is 2.25. The van der Waals surface area contributed by atoms with Crippen molar-refractivity contribution in [2.75, 3.05) is 31.1 Å². The first kappa shape index (κ1) is 22.0. The van der Waals surface area contributed by atoms with E-state index in [-0.39, 0.29) is 30.7 Å². The van der Waals surface area contributed by atoms with Gasteiger partial charge in [-0.2, -0.15) is 4.98 Å². The van der Waals surface area contributed by atoms with Crippen LogP contribution >= 0.6 is 24.8 Å². The van der Waals surface area contributed by atoms with E-state index in [1.807, 2.05) is 29.2 Å². The third-order valence-electron chi connectivity index (χ3n) is 4.67. The molecule has 0 unspecified atom stereocenters. The van der Waals surface area contributed by atoms with Crippen molar-refractivity contribution in [2.24, 2.45) is 5.73 Å². The van der Waals surface area contributed by atoms with Gasteiger partial charge in [0, 0.05) is 44.5 Å². The maximum Gasteiger partial charge on any atom is 0.298 e. The quantitative estimate of drug-likeness (QED) is 0.660. The minimum absolute atomic E-state index is 0. The van der Waals surface area contributed by atoms with Crippen LogP contribution in [0.1, 0.15) is 12.1 Å². The summed E-state index contributed by atoms with van der Waals surface area (Å²) in [7, 11) is 0. The fourth-order valence-corrected chi connectivity index (χ4v) is 3.28. The van der Waals surface area contributed by atoms with Crippen LogP contribution in [0.2, 0.25) is 0 Å². The number of fused-ring (bicyclic) bond motifs is 1. The fourth-order valence-electron chi connectivity index (χ4n) is 3.28. The number of imidazole rings is 1. The third kappa shape index (κ3) is 4.76. The van der Waals surface area contributed by atoms with Crippen LogP contribution in [0.3, 0.4) is 0 Å². The van der Waals surface area contributed by atoms with E-state index in [1.165, 1.54) is 0 Å². The molecule has 3 heterocycles. The van der Waals surface area contributed by atoms with Gasteiger partial charge in [0.25, 0.3) is 6.01 Å². The van der Waals surface area contributed by atoms with Gasteiger partial charge in [0.2, 0.25) is 5.91 Å². The number of nitrogens with one attached hydrogen (secondary N) is 1. The highest BCUT2D eigenvalue weighted by atomic mass is 35.5. The molecule has 2 aromatic heterocycles. The number of carbonyl (C=O) groups is 1. The fraction of sp³-hybridized carbons (Fsp3) is 0.389. The van der Waals surface area contributed by atoms with Crippen LogP contribution in [0, 0.1) is 0 Å². The normalized spacial score (nSPS) is 15.5. The summed E-state index contributed by atoms with van der Waals surface area (Å²) in [5.41, 5.74) is 8.60. The molecule has 1 fully saturated rings. The van der Waals surface area contributed by atoms with Crippen molar-refractivity contribution in [1.29, 1.82) is 0 Å². The third-order valence-corrected chi connectivity index (χ3v) is 4.67. The van der Waals surface area contributed by atoms with Gasteiger partial charge in [0.05, 0.1) is 12.4 Å². The van der Waals surface area contributed by atoms with Crippen molar-refractivity contribution >= 4 is 47.8 Å². The van der Waals surface area contributed by atoms with Crippen LogP contribution in [-0.4, -0.2) is 58.0 Å². The zero-order chi connectivity index (χ0) is 17.9. The van der Waals surface area contributed by atoms with Crippen LogP contribution in [-0.2, 0) is 11.2 Å². The summed E-state index contributed by atoms with van der Waals surface area (Å²) in [6, 6.07) is 7.77. The van der Waals surface area contributed by atoms with E-state index in [9.17, 15) is 4.79 Å². The summed E-state index contributed by atoms with van der Waals surface area (Å²) >= 11 is 0. The molecule has 3 N–H and O–H groups in total. The molecule has 1 saturated heterocycles. The second kappa shape index (κ2) is 9.77. The first-order chi connectivity index (χ1) is 12.7. The van der Waals surface area contributed by atoms with Crippen molar-refractivity contribution in [3.8, 4) is 0 Å². The number of oxazole rings is 1. The Morgan fingerprint density at radius 3 is 2.79 bits per heavy atom. The summed E-state index contributed by atoms with van der Waals surface area (Å²) in [4.78, 5) is 28.1. The van der Waals surface area contributed by atoms with E-state index in [1.54, 1.807) is 12.5 Å². The number of anilines is 1. The number of aromatic amines is 1. The first-order valence-corrected chi connectivity index (χ1v) is 8.83. The smallest absolute Gasteiger partial charge is 0.298 e. The molecule has 0 spiro atoms. The second-order valence-corrected chi connectivity index (χ2v) is 6.52. The number of benzene rings is 1. The molecule has 28 heavy (non-hydrogen) atoms. The summed E-state index contributed by atoms with van der Waals surface area (Å²) in [6.07, 6.45) is 4.60. The Kier molecular flexibility index (Phi) is 7.68. The largest absolute Gasteiger partial charge is 0.423 e. The molecule has 1 aliphatic heterocycles. The number of nitrogens with zero attached hydrogens (tertiary/aromatic N) is 4. The molecule has 0 aliphatic carbocycles. The van der Waals surface area contributed by atoms with E-state index in [2.05, 4.69) is 19.9 Å². The van der Waals surface area contributed by atoms with Crippen molar-refractivity contribution < 1.29 is 9.21 Å². The minimum atomic E-state index is -0.564. The predicted octanol–water partition coefficient (Wildman–Crippen LogP) is 2.00. The molecule has 1 amide bonds. The topological polar surface area (TPSA) is 104 Å². The highest BCUT2D eigenvalue weighted by Crippen LogP contribution is 2.22. The number of rotatable bonds is 4. The van der Waals surface area contributed by atoms with Crippen LogP contribution in [0.15, 0.2) is 41.2 Å². The molecule has 0 bridgehead atoms. The molecule has 0 saturated carbocycles. The lowest BCUT2D eigenvalue weighted by Gasteiger charge is -2.24. The first-order valence-electron chi connectivity index (χ1n) is 8.83. The Morgan fingerprint density at radius 1 is 1.21 bits per heavy atom. The average molecular weight is 427 g/mol. The van der Waals surface area contributed by atoms with Gasteiger partial charge in [-0.3, -0.25) is 4.79 Å². The number of H-pyrrole nitrogens is 1. The number of para-hydroxylation sites is 2. The summed E-state index contributed by atoms with van der Waals surface area (Å²) in [5.74, 6) is -0.0287. The Balaban J connectivity index is 0.00000140. The Morgan fingerprint density at radius 2 is 2.04 bits per heavy atom. The predicted molar refractivity (Wildman–Crippen MR) is 112 cm³/mol. The van der Waals surface area contributed by atoms with Crippen molar-refractivity contribution in [3.05, 3.63) is 42.5 Å². The molecule has 152 valence electrons. The molecule has 1 aromatic carbocycles. The van der Waals surface area contributed by atoms with Crippen molar-refractivity contribution in [2.45, 2.75) is 18.9 Å². The van der Waals surface area contributed by atoms with Gasteiger partial charge in [-0.25, -0.2) is 4.98 Å². The van der Waals surface area contributed by atoms with Gasteiger partial charge in [-0.15, -0.1) is 24.8 Å². The van der Waals surface area contributed by atoms with Crippen LogP contribution in [0.5, 0.6) is 0 Å². The maximum atomic E-state index is 12.7. The summed E-state index contributed by atoms with van der Waals surface area (Å²) in [6.45, 7) is 2.77. The molecule has 10 heteroatoms. The molecular formula is C18H24Cl2N6O2. The second-order valence-electron chi connectivity index (χ2n) is 6.52. The zero-order valence-electron chi connectivity index (χ0n) is 15.3. The molecular weight excluding hydrogens is 403 g/mol. The van der Waals surface area contributed by atoms with Gasteiger partial charge >= 0.3 is 0 Å². The lowest BCUT2D eigenvalue weighted by Crippen LogP contribution is -2.46. The van der Waals surface area contributed by atoms with Gasteiger partial charge in [0.15, 0.2) is 5.58 Å². The molecule has 8 nitrogen and oxygen atoms in total. The lowest BCUT2D eigenvalue weighted by atomic mass is 10.1. The Labute approximate surface area is 175 Å². The number of halogens is 2. The Bertz CT molecular complexity index is 852. The van der Waals surface area contributed by atoms with Gasteiger partial charge in [0.1, 0.15) is 5.52 Å². The SMILES string of the molecule is Cl.Cl.N[C@@H](Cc1cnc[nH]1)C(=O)N1CCCN(c2nc3ccccc3o2)CC1. The monoisotopic (exact) mass is 426 g/mol.